The van der Waals surface area contributed by atoms with Crippen LogP contribution in [0.3, 0.4) is 0 Å². The minimum Gasteiger partial charge on any atom is -0.358 e. The van der Waals surface area contributed by atoms with E-state index in [9.17, 15) is 0 Å². The molecule has 0 saturated carbocycles. The van der Waals surface area contributed by atoms with Crippen LogP contribution in [0.5, 0.6) is 0 Å². The Morgan fingerprint density at radius 3 is 2.53 bits per heavy atom. The molecule has 1 atom stereocenters. The van der Waals surface area contributed by atoms with E-state index >= 15 is 0 Å². The van der Waals surface area contributed by atoms with Gasteiger partial charge in [0.25, 0.3) is 0 Å². The maximum absolute atomic E-state index is 8.49. The molecule has 2 aliphatic rings. The fourth-order valence-electron chi connectivity index (χ4n) is 3.24. The zero-order valence-corrected chi connectivity index (χ0v) is 11.7. The Morgan fingerprint density at radius 2 is 1.79 bits per heavy atom. The summed E-state index contributed by atoms with van der Waals surface area (Å²) in [6.45, 7) is 4.22. The van der Waals surface area contributed by atoms with Crippen molar-refractivity contribution in [3.63, 3.8) is 0 Å². The minimum atomic E-state index is 0.429. The molecule has 1 aliphatic heterocycles. The Labute approximate surface area is 115 Å². The van der Waals surface area contributed by atoms with Crippen molar-refractivity contribution in [1.29, 1.82) is 5.41 Å². The first-order chi connectivity index (χ1) is 9.24. The summed E-state index contributed by atoms with van der Waals surface area (Å²) in [5.41, 5.74) is 2.95. The van der Waals surface area contributed by atoms with E-state index in [-0.39, 0.29) is 0 Å². The molecular formula is C16H23N3. The highest BCUT2D eigenvalue weighted by Crippen LogP contribution is 2.27. The molecule has 0 radical (unpaired) electrons. The number of nitrogens with zero attached hydrogens (tertiary/aromatic N) is 2. The molecule has 19 heavy (non-hydrogen) atoms. The van der Waals surface area contributed by atoms with Crippen LogP contribution < -0.4 is 0 Å². The van der Waals surface area contributed by atoms with E-state index in [1.807, 2.05) is 0 Å². The van der Waals surface area contributed by atoms with Crippen molar-refractivity contribution < 1.29 is 0 Å². The second-order valence-electron chi connectivity index (χ2n) is 5.88. The smallest absolute Gasteiger partial charge is 0.0993 e. The molecule has 1 aromatic carbocycles. The summed E-state index contributed by atoms with van der Waals surface area (Å²) < 4.78 is 0. The van der Waals surface area contributed by atoms with Crippen molar-refractivity contribution in [2.24, 2.45) is 5.92 Å². The number of fused-ring (bicyclic) bond motifs is 1. The average molecular weight is 257 g/mol. The van der Waals surface area contributed by atoms with Crippen LogP contribution in [-0.4, -0.2) is 48.9 Å². The van der Waals surface area contributed by atoms with Crippen molar-refractivity contribution in [2.45, 2.75) is 19.3 Å². The van der Waals surface area contributed by atoms with Gasteiger partial charge in [0.05, 0.1) is 5.84 Å². The van der Waals surface area contributed by atoms with Crippen molar-refractivity contribution in [3.8, 4) is 0 Å². The fourth-order valence-corrected chi connectivity index (χ4v) is 3.24. The third-order valence-corrected chi connectivity index (χ3v) is 4.58. The highest BCUT2D eigenvalue weighted by atomic mass is 15.3. The molecular weight excluding hydrogens is 234 g/mol. The number of benzene rings is 1. The Morgan fingerprint density at radius 1 is 1.11 bits per heavy atom. The molecule has 1 unspecified atom stereocenters. The molecule has 3 nitrogen and oxygen atoms in total. The molecule has 1 fully saturated rings. The molecule has 0 aromatic heterocycles. The molecule has 0 bridgehead atoms. The van der Waals surface area contributed by atoms with Gasteiger partial charge >= 0.3 is 0 Å². The Kier molecular flexibility index (Phi) is 3.56. The first-order valence-corrected chi connectivity index (χ1v) is 7.33. The van der Waals surface area contributed by atoms with Crippen LogP contribution in [0.4, 0.5) is 0 Å². The van der Waals surface area contributed by atoms with Crippen LogP contribution in [-0.2, 0) is 12.8 Å². The molecule has 3 rings (SSSR count). The van der Waals surface area contributed by atoms with E-state index in [0.29, 0.717) is 5.92 Å². The lowest BCUT2D eigenvalue weighted by atomic mass is 9.83. The highest BCUT2D eigenvalue weighted by molar-refractivity contribution is 5.82. The Bertz CT molecular complexity index is 461. The molecule has 1 N–H and O–H groups in total. The normalized spacial score (nSPS) is 24.1. The van der Waals surface area contributed by atoms with Crippen LogP contribution in [0.15, 0.2) is 24.3 Å². The van der Waals surface area contributed by atoms with E-state index in [0.717, 1.165) is 51.3 Å². The maximum Gasteiger partial charge on any atom is 0.0993 e. The van der Waals surface area contributed by atoms with Gasteiger partial charge < -0.3 is 9.80 Å². The van der Waals surface area contributed by atoms with Crippen LogP contribution in [0.25, 0.3) is 0 Å². The monoisotopic (exact) mass is 257 g/mol. The van der Waals surface area contributed by atoms with E-state index in [2.05, 4.69) is 41.1 Å². The van der Waals surface area contributed by atoms with Gasteiger partial charge in [0.2, 0.25) is 0 Å². The van der Waals surface area contributed by atoms with Crippen LogP contribution in [0.2, 0.25) is 0 Å². The van der Waals surface area contributed by atoms with E-state index in [4.69, 9.17) is 5.41 Å². The zero-order chi connectivity index (χ0) is 13.2. The van der Waals surface area contributed by atoms with Crippen molar-refractivity contribution in [1.82, 2.24) is 9.80 Å². The SMILES string of the molecule is CN1CCN(C(=N)C2CCc3ccccc3C2)CC1. The molecule has 1 aliphatic carbocycles. The predicted molar refractivity (Wildman–Crippen MR) is 78.8 cm³/mol. The quantitative estimate of drug-likeness (QED) is 0.616. The van der Waals surface area contributed by atoms with Gasteiger partial charge in [-0.1, -0.05) is 24.3 Å². The van der Waals surface area contributed by atoms with Gasteiger partial charge in [0, 0.05) is 32.1 Å². The lowest BCUT2D eigenvalue weighted by Gasteiger charge is -2.37. The van der Waals surface area contributed by atoms with E-state index < -0.39 is 0 Å². The molecule has 102 valence electrons. The summed E-state index contributed by atoms with van der Waals surface area (Å²) in [5.74, 6) is 1.31. The van der Waals surface area contributed by atoms with Gasteiger partial charge in [-0.2, -0.15) is 0 Å². The Hall–Kier alpha value is -1.35. The largest absolute Gasteiger partial charge is 0.358 e. The lowest BCUT2D eigenvalue weighted by molar-refractivity contribution is 0.207. The number of piperazine rings is 1. The van der Waals surface area contributed by atoms with Gasteiger partial charge in [0.1, 0.15) is 0 Å². The molecule has 1 heterocycles. The van der Waals surface area contributed by atoms with E-state index in [1.165, 1.54) is 11.1 Å². The van der Waals surface area contributed by atoms with Crippen molar-refractivity contribution in [3.05, 3.63) is 35.4 Å². The second kappa shape index (κ2) is 5.33. The first-order valence-electron chi connectivity index (χ1n) is 7.33. The van der Waals surface area contributed by atoms with Gasteiger partial charge in [-0.15, -0.1) is 0 Å². The number of rotatable bonds is 1. The number of aryl methyl sites for hydroxylation is 1. The van der Waals surface area contributed by atoms with Crippen LogP contribution in [0.1, 0.15) is 17.5 Å². The second-order valence-corrected chi connectivity index (χ2v) is 5.88. The maximum atomic E-state index is 8.49. The number of amidine groups is 1. The fraction of sp³-hybridized carbons (Fsp3) is 0.562. The van der Waals surface area contributed by atoms with Crippen LogP contribution in [0, 0.1) is 11.3 Å². The summed E-state index contributed by atoms with van der Waals surface area (Å²) >= 11 is 0. The number of nitrogens with one attached hydrogen (secondary N) is 1. The number of hydrogen-bond acceptors (Lipinski definition) is 2. The van der Waals surface area contributed by atoms with Gasteiger partial charge in [0.15, 0.2) is 0 Å². The molecule has 0 spiro atoms. The summed E-state index contributed by atoms with van der Waals surface area (Å²) in [6.07, 6.45) is 3.33. The standard InChI is InChI=1S/C16H23N3/c1-18-8-10-19(11-9-18)16(17)15-7-6-13-4-2-3-5-14(13)12-15/h2-5,15,17H,6-12H2,1H3. The third kappa shape index (κ3) is 2.66. The van der Waals surface area contributed by atoms with Crippen molar-refractivity contribution in [2.75, 3.05) is 33.2 Å². The lowest BCUT2D eigenvalue weighted by Crippen LogP contribution is -2.49. The predicted octanol–water partition coefficient (Wildman–Crippen LogP) is 2.02. The van der Waals surface area contributed by atoms with Gasteiger partial charge in [-0.3, -0.25) is 5.41 Å². The van der Waals surface area contributed by atoms with Gasteiger partial charge in [-0.25, -0.2) is 0 Å². The van der Waals surface area contributed by atoms with Crippen molar-refractivity contribution >= 4 is 5.84 Å². The van der Waals surface area contributed by atoms with Crippen LogP contribution >= 0.6 is 0 Å². The van der Waals surface area contributed by atoms with Gasteiger partial charge in [-0.05, 0) is 37.4 Å². The molecule has 1 saturated heterocycles. The average Bonchev–Trinajstić information content (AvgIpc) is 2.47. The highest BCUT2D eigenvalue weighted by Gasteiger charge is 2.26. The Balaban J connectivity index is 1.66. The molecule has 1 aromatic rings. The number of likely N-dealkylation sites (N-methyl/N-ethyl adjacent to an activating group) is 1. The molecule has 0 amide bonds. The summed E-state index contributed by atoms with van der Waals surface area (Å²) in [7, 11) is 2.16. The first kappa shape index (κ1) is 12.7. The topological polar surface area (TPSA) is 30.3 Å². The number of hydrogen-bond donors (Lipinski definition) is 1. The summed E-state index contributed by atoms with van der Waals surface area (Å²) in [4.78, 5) is 4.64. The zero-order valence-electron chi connectivity index (χ0n) is 11.7. The van der Waals surface area contributed by atoms with E-state index in [1.54, 1.807) is 0 Å². The summed E-state index contributed by atoms with van der Waals surface area (Å²) in [5, 5.41) is 8.49. The third-order valence-electron chi connectivity index (χ3n) is 4.58. The molecule has 3 heteroatoms. The summed E-state index contributed by atoms with van der Waals surface area (Å²) in [6, 6.07) is 8.73. The minimum absolute atomic E-state index is 0.429.